The van der Waals surface area contributed by atoms with E-state index in [-0.39, 0.29) is 0 Å². The predicted molar refractivity (Wildman–Crippen MR) is 64.8 cm³/mol. The zero-order valence-electron chi connectivity index (χ0n) is 9.81. The molecule has 2 rings (SSSR count). The lowest BCUT2D eigenvalue weighted by Crippen LogP contribution is -2.39. The molecule has 19 heavy (non-hydrogen) atoms. The van der Waals surface area contributed by atoms with Crippen LogP contribution in [0.2, 0.25) is 0 Å². The highest BCUT2D eigenvalue weighted by molar-refractivity contribution is 7.09. The smallest absolute Gasteiger partial charge is 0.335 e. The SMILES string of the molecule is O=C(O)C(O)C(O)C(=O)O.c1nc2c(s1)CNCC2. The van der Waals surface area contributed by atoms with E-state index in [1.54, 1.807) is 11.3 Å². The van der Waals surface area contributed by atoms with Crippen molar-refractivity contribution in [3.63, 3.8) is 0 Å². The third-order valence-corrected chi connectivity index (χ3v) is 3.23. The number of aliphatic hydroxyl groups excluding tert-OH is 2. The molecule has 9 heteroatoms. The molecule has 5 N–H and O–H groups in total. The first-order valence-electron chi connectivity index (χ1n) is 5.37. The highest BCUT2D eigenvalue weighted by Gasteiger charge is 2.29. The summed E-state index contributed by atoms with van der Waals surface area (Å²) in [5.74, 6) is -3.54. The number of carbonyl (C=O) groups is 2. The summed E-state index contributed by atoms with van der Waals surface area (Å²) >= 11 is 1.75. The van der Waals surface area contributed by atoms with Crippen LogP contribution >= 0.6 is 11.3 Å². The van der Waals surface area contributed by atoms with Gasteiger partial charge in [-0.25, -0.2) is 14.6 Å². The van der Waals surface area contributed by atoms with Gasteiger partial charge in [-0.2, -0.15) is 0 Å². The van der Waals surface area contributed by atoms with E-state index in [0.29, 0.717) is 0 Å². The van der Waals surface area contributed by atoms with Crippen molar-refractivity contribution >= 4 is 23.3 Å². The number of aliphatic hydroxyl groups is 2. The van der Waals surface area contributed by atoms with Crippen molar-refractivity contribution in [3.05, 3.63) is 16.1 Å². The van der Waals surface area contributed by atoms with Gasteiger partial charge in [-0.3, -0.25) is 0 Å². The van der Waals surface area contributed by atoms with E-state index in [0.717, 1.165) is 19.5 Å². The lowest BCUT2D eigenvalue weighted by Gasteiger charge is -2.09. The third kappa shape index (κ3) is 4.56. The maximum Gasteiger partial charge on any atom is 0.335 e. The van der Waals surface area contributed by atoms with Crippen LogP contribution in [0.5, 0.6) is 0 Å². The van der Waals surface area contributed by atoms with Gasteiger partial charge in [-0.1, -0.05) is 0 Å². The zero-order chi connectivity index (χ0) is 14.4. The second-order valence-electron chi connectivity index (χ2n) is 3.72. The summed E-state index contributed by atoms with van der Waals surface area (Å²) in [5, 5.41) is 35.8. The Morgan fingerprint density at radius 1 is 1.26 bits per heavy atom. The van der Waals surface area contributed by atoms with Crippen molar-refractivity contribution in [2.75, 3.05) is 6.54 Å². The summed E-state index contributed by atoms with van der Waals surface area (Å²) < 4.78 is 0. The number of aliphatic carboxylic acids is 2. The molecule has 0 saturated carbocycles. The summed E-state index contributed by atoms with van der Waals surface area (Å²) in [5.41, 5.74) is 3.23. The average Bonchev–Trinajstić information content (AvgIpc) is 2.85. The number of nitrogens with one attached hydrogen (secondary N) is 1. The number of nitrogens with zero attached hydrogens (tertiary/aromatic N) is 1. The molecule has 8 nitrogen and oxygen atoms in total. The fraction of sp³-hybridized carbons (Fsp3) is 0.500. The fourth-order valence-electron chi connectivity index (χ4n) is 1.32. The predicted octanol–water partition coefficient (Wildman–Crippen LogP) is -1.33. The number of carboxylic acids is 2. The molecule has 1 aliphatic heterocycles. The quantitative estimate of drug-likeness (QED) is 0.461. The number of aromatic nitrogens is 1. The Labute approximate surface area is 112 Å². The summed E-state index contributed by atoms with van der Waals surface area (Å²) in [6.07, 6.45) is -3.42. The lowest BCUT2D eigenvalue weighted by atomic mass is 10.2. The van der Waals surface area contributed by atoms with E-state index in [1.165, 1.54) is 10.6 Å². The lowest BCUT2D eigenvalue weighted by molar-refractivity contribution is -0.165. The van der Waals surface area contributed by atoms with Crippen LogP contribution in [-0.4, -0.2) is 56.1 Å². The molecule has 2 unspecified atom stereocenters. The summed E-state index contributed by atoms with van der Waals surface area (Å²) in [6.45, 7) is 2.12. The summed E-state index contributed by atoms with van der Waals surface area (Å²) in [7, 11) is 0. The minimum absolute atomic E-state index is 1.03. The molecule has 2 atom stereocenters. The minimum Gasteiger partial charge on any atom is -0.479 e. The molecule has 0 aliphatic carbocycles. The van der Waals surface area contributed by atoms with E-state index in [2.05, 4.69) is 10.3 Å². The zero-order valence-corrected chi connectivity index (χ0v) is 10.6. The van der Waals surface area contributed by atoms with Gasteiger partial charge in [0.25, 0.3) is 0 Å². The highest BCUT2D eigenvalue weighted by Crippen LogP contribution is 2.15. The Morgan fingerprint density at radius 2 is 1.84 bits per heavy atom. The van der Waals surface area contributed by atoms with Gasteiger partial charge in [0.05, 0.1) is 11.2 Å². The van der Waals surface area contributed by atoms with Gasteiger partial charge in [-0.05, 0) is 0 Å². The maximum atomic E-state index is 9.77. The van der Waals surface area contributed by atoms with Gasteiger partial charge in [0.2, 0.25) is 0 Å². The monoisotopic (exact) mass is 290 g/mol. The van der Waals surface area contributed by atoms with Crippen LogP contribution < -0.4 is 5.32 Å². The number of carboxylic acid groups (broad SMARTS) is 2. The summed E-state index contributed by atoms with van der Waals surface area (Å²) in [4.78, 5) is 25.2. The van der Waals surface area contributed by atoms with E-state index in [1.807, 2.05) is 5.51 Å². The molecule has 0 radical (unpaired) electrons. The van der Waals surface area contributed by atoms with Crippen LogP contribution in [0.1, 0.15) is 10.6 Å². The van der Waals surface area contributed by atoms with Crippen LogP contribution in [0.3, 0.4) is 0 Å². The van der Waals surface area contributed by atoms with E-state index in [9.17, 15) is 9.59 Å². The second kappa shape index (κ2) is 7.14. The van der Waals surface area contributed by atoms with Gasteiger partial charge >= 0.3 is 11.9 Å². The first-order chi connectivity index (χ1) is 8.93. The summed E-state index contributed by atoms with van der Waals surface area (Å²) in [6, 6.07) is 0. The number of thiazole rings is 1. The molecule has 1 aliphatic rings. The Morgan fingerprint density at radius 3 is 2.32 bits per heavy atom. The molecule has 0 aromatic carbocycles. The Hall–Kier alpha value is -1.55. The molecule has 1 aromatic heterocycles. The number of hydrogen-bond acceptors (Lipinski definition) is 7. The first-order valence-corrected chi connectivity index (χ1v) is 6.25. The molecular formula is C10H14N2O6S. The molecule has 106 valence electrons. The van der Waals surface area contributed by atoms with Gasteiger partial charge in [0.1, 0.15) is 0 Å². The van der Waals surface area contributed by atoms with Crippen LogP contribution in [0.15, 0.2) is 5.51 Å². The van der Waals surface area contributed by atoms with Gasteiger partial charge in [-0.15, -0.1) is 11.3 Å². The average molecular weight is 290 g/mol. The topological polar surface area (TPSA) is 140 Å². The van der Waals surface area contributed by atoms with Crippen molar-refractivity contribution in [1.29, 1.82) is 0 Å². The van der Waals surface area contributed by atoms with E-state index in [4.69, 9.17) is 20.4 Å². The Kier molecular flexibility index (Phi) is 5.83. The van der Waals surface area contributed by atoms with Gasteiger partial charge < -0.3 is 25.7 Å². The Balaban J connectivity index is 0.000000190. The number of fused-ring (bicyclic) bond motifs is 1. The van der Waals surface area contributed by atoms with Crippen LogP contribution in [0.4, 0.5) is 0 Å². The molecule has 0 saturated heterocycles. The van der Waals surface area contributed by atoms with Crippen molar-refractivity contribution < 1.29 is 30.0 Å². The highest BCUT2D eigenvalue weighted by atomic mass is 32.1. The maximum absolute atomic E-state index is 9.77. The first kappa shape index (κ1) is 15.5. The largest absolute Gasteiger partial charge is 0.479 e. The molecule has 2 heterocycles. The molecule has 0 spiro atoms. The van der Waals surface area contributed by atoms with Crippen molar-refractivity contribution in [2.24, 2.45) is 0 Å². The van der Waals surface area contributed by atoms with Crippen LogP contribution in [-0.2, 0) is 22.6 Å². The van der Waals surface area contributed by atoms with Crippen molar-refractivity contribution in [3.8, 4) is 0 Å². The number of rotatable bonds is 3. The molecule has 0 amide bonds. The van der Waals surface area contributed by atoms with Crippen LogP contribution in [0.25, 0.3) is 0 Å². The number of hydrogen-bond donors (Lipinski definition) is 5. The van der Waals surface area contributed by atoms with E-state index >= 15 is 0 Å². The standard InChI is InChI=1S/C6H8N2S.C4H6O6/c1-2-7-3-6-5(1)8-4-9-6;5-1(3(7)8)2(6)4(9)10/h4,7H,1-3H2;1-2,5-6H,(H,7,8)(H,9,10). The van der Waals surface area contributed by atoms with Gasteiger partial charge in [0, 0.05) is 24.4 Å². The second-order valence-corrected chi connectivity index (χ2v) is 4.65. The van der Waals surface area contributed by atoms with Gasteiger partial charge in [0.15, 0.2) is 12.2 Å². The third-order valence-electron chi connectivity index (χ3n) is 2.35. The fourth-order valence-corrected chi connectivity index (χ4v) is 2.10. The van der Waals surface area contributed by atoms with Crippen LogP contribution in [0, 0.1) is 0 Å². The molecule has 0 bridgehead atoms. The molecular weight excluding hydrogens is 276 g/mol. The molecule has 0 fully saturated rings. The minimum atomic E-state index is -2.27. The Bertz CT molecular complexity index is 410. The molecule has 1 aromatic rings. The van der Waals surface area contributed by atoms with E-state index < -0.39 is 24.1 Å². The normalized spacial score (nSPS) is 16.5. The van der Waals surface area contributed by atoms with Crippen molar-refractivity contribution in [1.82, 2.24) is 10.3 Å². The van der Waals surface area contributed by atoms with Crippen molar-refractivity contribution in [2.45, 2.75) is 25.2 Å².